The number of rotatable bonds is 1. The quantitative estimate of drug-likeness (QED) is 0.434. The third kappa shape index (κ3) is 4.41. The Balaban J connectivity index is 3.13. The topological polar surface area (TPSA) is 39.2 Å². The van der Waals surface area contributed by atoms with Crippen LogP contribution < -0.4 is 0 Å². The van der Waals surface area contributed by atoms with Gasteiger partial charge in [-0.1, -0.05) is 25.6 Å². The van der Waals surface area contributed by atoms with Gasteiger partial charge in [-0.2, -0.15) is 0 Å². The van der Waals surface area contributed by atoms with E-state index in [4.69, 9.17) is 0 Å². The summed E-state index contributed by atoms with van der Waals surface area (Å²) < 4.78 is 4.65. The molecule has 0 spiro atoms. The summed E-state index contributed by atoms with van der Waals surface area (Å²) in [6.07, 6.45) is 0. The van der Waals surface area contributed by atoms with E-state index in [0.29, 0.717) is 5.69 Å². The van der Waals surface area contributed by atoms with Crippen LogP contribution in [0, 0.1) is 18.4 Å². The van der Waals surface area contributed by atoms with Crippen LogP contribution in [0.4, 0.5) is 0 Å². The summed E-state index contributed by atoms with van der Waals surface area (Å²) in [4.78, 5) is 15.5. The standard InChI is InChI=1S/C13H17NO2Si/c1-10-8-11(6-7-17(3,4)5)9-12(14-10)13(15)16-2/h8-9H,1-5H3. The van der Waals surface area contributed by atoms with Crippen molar-refractivity contribution in [2.45, 2.75) is 26.6 Å². The molecule has 1 heterocycles. The predicted octanol–water partition coefficient (Wildman–Crippen LogP) is 2.41. The zero-order valence-corrected chi connectivity index (χ0v) is 11.9. The van der Waals surface area contributed by atoms with E-state index in [1.165, 1.54) is 7.11 Å². The number of carbonyl (C=O) groups is 1. The molecule has 0 radical (unpaired) electrons. The number of nitrogens with zero attached hydrogens (tertiary/aromatic N) is 1. The van der Waals surface area contributed by atoms with Crippen LogP contribution in [0.15, 0.2) is 12.1 Å². The third-order valence-electron chi connectivity index (χ3n) is 1.93. The average Bonchev–Trinajstić information content (AvgIpc) is 2.23. The summed E-state index contributed by atoms with van der Waals surface area (Å²) in [5.74, 6) is 2.68. The first-order valence-corrected chi connectivity index (χ1v) is 8.92. The van der Waals surface area contributed by atoms with Crippen LogP contribution in [0.5, 0.6) is 0 Å². The maximum Gasteiger partial charge on any atom is 0.356 e. The Morgan fingerprint density at radius 3 is 2.53 bits per heavy atom. The van der Waals surface area contributed by atoms with Gasteiger partial charge >= 0.3 is 5.97 Å². The molecule has 0 fully saturated rings. The summed E-state index contributed by atoms with van der Waals surface area (Å²) in [5, 5.41) is 0. The molecule has 1 aromatic heterocycles. The molecular formula is C13H17NO2Si. The molecule has 0 aliphatic carbocycles. The number of hydrogen-bond acceptors (Lipinski definition) is 3. The van der Waals surface area contributed by atoms with Gasteiger partial charge in [0.2, 0.25) is 0 Å². The fraction of sp³-hybridized carbons (Fsp3) is 0.385. The number of pyridine rings is 1. The molecule has 17 heavy (non-hydrogen) atoms. The second kappa shape index (κ2) is 5.15. The Kier molecular flexibility index (Phi) is 4.08. The number of aromatic nitrogens is 1. The summed E-state index contributed by atoms with van der Waals surface area (Å²) in [6.45, 7) is 8.37. The van der Waals surface area contributed by atoms with Crippen LogP contribution in [0.3, 0.4) is 0 Å². The van der Waals surface area contributed by atoms with E-state index >= 15 is 0 Å². The monoisotopic (exact) mass is 247 g/mol. The highest BCUT2D eigenvalue weighted by Crippen LogP contribution is 2.07. The van der Waals surface area contributed by atoms with Crippen molar-refractivity contribution in [2.24, 2.45) is 0 Å². The number of ether oxygens (including phenoxy) is 1. The molecule has 3 nitrogen and oxygen atoms in total. The van der Waals surface area contributed by atoms with Crippen molar-refractivity contribution < 1.29 is 9.53 Å². The molecule has 0 saturated carbocycles. The predicted molar refractivity (Wildman–Crippen MR) is 70.5 cm³/mol. The average molecular weight is 247 g/mol. The number of hydrogen-bond donors (Lipinski definition) is 0. The summed E-state index contributed by atoms with van der Waals surface area (Å²) in [6, 6.07) is 3.55. The number of esters is 1. The van der Waals surface area contributed by atoms with Crippen LogP contribution in [-0.2, 0) is 4.74 Å². The molecule has 0 amide bonds. The van der Waals surface area contributed by atoms with Gasteiger partial charge in [-0.3, -0.25) is 0 Å². The van der Waals surface area contributed by atoms with Crippen LogP contribution in [0.1, 0.15) is 21.7 Å². The Morgan fingerprint density at radius 2 is 2.00 bits per heavy atom. The maximum absolute atomic E-state index is 11.4. The lowest BCUT2D eigenvalue weighted by molar-refractivity contribution is 0.0593. The first-order valence-electron chi connectivity index (χ1n) is 5.42. The molecule has 0 aliphatic heterocycles. The number of carbonyl (C=O) groups excluding carboxylic acids is 1. The minimum atomic E-state index is -1.41. The fourth-order valence-electron chi connectivity index (χ4n) is 1.21. The maximum atomic E-state index is 11.4. The van der Waals surface area contributed by atoms with Crippen molar-refractivity contribution >= 4 is 14.0 Å². The molecule has 1 rings (SSSR count). The molecule has 0 aliphatic rings. The van der Waals surface area contributed by atoms with Crippen LogP contribution in [0.25, 0.3) is 0 Å². The zero-order chi connectivity index (χ0) is 13.1. The van der Waals surface area contributed by atoms with Crippen molar-refractivity contribution in [1.82, 2.24) is 4.98 Å². The van der Waals surface area contributed by atoms with Crippen LogP contribution in [0.2, 0.25) is 19.6 Å². The lowest BCUT2D eigenvalue weighted by Crippen LogP contribution is -2.16. The lowest BCUT2D eigenvalue weighted by Gasteiger charge is -2.04. The lowest BCUT2D eigenvalue weighted by atomic mass is 10.2. The molecular weight excluding hydrogens is 230 g/mol. The van der Waals surface area contributed by atoms with Crippen LogP contribution >= 0.6 is 0 Å². The second-order valence-electron chi connectivity index (χ2n) is 4.87. The van der Waals surface area contributed by atoms with Gasteiger partial charge in [0.1, 0.15) is 13.8 Å². The zero-order valence-electron chi connectivity index (χ0n) is 10.9. The van der Waals surface area contributed by atoms with Crippen LogP contribution in [-0.4, -0.2) is 26.1 Å². The van der Waals surface area contributed by atoms with E-state index in [2.05, 4.69) is 40.8 Å². The van der Waals surface area contributed by atoms with Gasteiger partial charge in [0.25, 0.3) is 0 Å². The van der Waals surface area contributed by atoms with E-state index in [1.54, 1.807) is 6.07 Å². The van der Waals surface area contributed by atoms with E-state index in [0.717, 1.165) is 11.3 Å². The Bertz CT molecular complexity index is 492. The molecule has 0 aromatic carbocycles. The molecule has 0 saturated heterocycles. The van der Waals surface area contributed by atoms with E-state index in [1.807, 2.05) is 13.0 Å². The number of aryl methyl sites for hydroxylation is 1. The molecule has 0 unspecified atom stereocenters. The highest BCUT2D eigenvalue weighted by Gasteiger charge is 2.10. The van der Waals surface area contributed by atoms with Gasteiger partial charge in [-0.05, 0) is 19.1 Å². The molecule has 0 atom stereocenters. The van der Waals surface area contributed by atoms with Gasteiger partial charge in [-0.15, -0.1) is 5.54 Å². The summed E-state index contributed by atoms with van der Waals surface area (Å²) in [5.41, 5.74) is 5.16. The summed E-state index contributed by atoms with van der Waals surface area (Å²) >= 11 is 0. The van der Waals surface area contributed by atoms with Crippen molar-refractivity contribution in [1.29, 1.82) is 0 Å². The molecule has 90 valence electrons. The fourth-order valence-corrected chi connectivity index (χ4v) is 1.73. The van der Waals surface area contributed by atoms with Crippen molar-refractivity contribution in [2.75, 3.05) is 7.11 Å². The number of methoxy groups -OCH3 is 1. The van der Waals surface area contributed by atoms with Gasteiger partial charge in [0, 0.05) is 11.3 Å². The minimum Gasteiger partial charge on any atom is -0.464 e. The molecule has 1 aromatic rings. The van der Waals surface area contributed by atoms with E-state index in [9.17, 15) is 4.79 Å². The van der Waals surface area contributed by atoms with Gasteiger partial charge < -0.3 is 4.74 Å². The van der Waals surface area contributed by atoms with Crippen molar-refractivity contribution in [3.05, 3.63) is 29.1 Å². The SMILES string of the molecule is COC(=O)c1cc(C#C[Si](C)(C)C)cc(C)n1. The summed E-state index contributed by atoms with van der Waals surface area (Å²) in [7, 11) is -0.0610. The molecule has 4 heteroatoms. The minimum absolute atomic E-state index is 0.312. The van der Waals surface area contributed by atoms with E-state index in [-0.39, 0.29) is 0 Å². The highest BCUT2D eigenvalue weighted by atomic mass is 28.3. The molecule has 0 bridgehead atoms. The Morgan fingerprint density at radius 1 is 1.35 bits per heavy atom. The normalized spacial score (nSPS) is 10.4. The Hall–Kier alpha value is -1.60. The van der Waals surface area contributed by atoms with E-state index < -0.39 is 14.0 Å². The second-order valence-corrected chi connectivity index (χ2v) is 9.62. The largest absolute Gasteiger partial charge is 0.464 e. The first-order chi connectivity index (χ1) is 7.81. The molecule has 0 N–H and O–H groups in total. The van der Waals surface area contributed by atoms with Crippen molar-refractivity contribution in [3.63, 3.8) is 0 Å². The van der Waals surface area contributed by atoms with Gasteiger partial charge in [0.05, 0.1) is 7.11 Å². The van der Waals surface area contributed by atoms with Gasteiger partial charge in [0.15, 0.2) is 0 Å². The smallest absolute Gasteiger partial charge is 0.356 e. The first kappa shape index (κ1) is 13.5. The highest BCUT2D eigenvalue weighted by molar-refractivity contribution is 6.83. The Labute approximate surface area is 103 Å². The van der Waals surface area contributed by atoms with Crippen molar-refractivity contribution in [3.8, 4) is 11.5 Å². The van der Waals surface area contributed by atoms with Gasteiger partial charge in [-0.25, -0.2) is 9.78 Å². The third-order valence-corrected chi connectivity index (χ3v) is 2.80.